The summed E-state index contributed by atoms with van der Waals surface area (Å²) in [7, 11) is 0. The topological polar surface area (TPSA) is 76.4 Å². The Hall–Kier alpha value is -3.09. The molecule has 0 unspecified atom stereocenters. The summed E-state index contributed by atoms with van der Waals surface area (Å²) in [6.07, 6.45) is 3.23. The maximum atomic E-state index is 13.8. The maximum Gasteiger partial charge on any atom is 0.324 e. The standard InChI is InChI=1S/C27H29F3N4O2.ClH/c28-21-8-6-20(7-9-21)27(18-31)11-15-33(16-12-27)14-2-13-32-26(36)34-24(3-1-4-25(34)35)19-5-10-22(29)23(30)17-19;/h5-10,17,24H,1-4,11-16H2,(H,32,36);1H/t24-;/m0./s1. The Morgan fingerprint density at radius 1 is 1.08 bits per heavy atom. The van der Waals surface area contributed by atoms with Crippen LogP contribution in [0.15, 0.2) is 42.5 Å². The fourth-order valence-corrected chi connectivity index (χ4v) is 5.14. The van der Waals surface area contributed by atoms with E-state index in [1.807, 2.05) is 0 Å². The predicted molar refractivity (Wildman–Crippen MR) is 134 cm³/mol. The van der Waals surface area contributed by atoms with Crippen LogP contribution in [0.2, 0.25) is 0 Å². The normalized spacial score (nSPS) is 19.6. The van der Waals surface area contributed by atoms with Gasteiger partial charge in [-0.3, -0.25) is 9.69 Å². The summed E-state index contributed by atoms with van der Waals surface area (Å²) >= 11 is 0. The monoisotopic (exact) mass is 534 g/mol. The number of rotatable bonds is 6. The Bertz CT molecular complexity index is 1150. The van der Waals surface area contributed by atoms with Crippen molar-refractivity contribution in [2.24, 2.45) is 0 Å². The van der Waals surface area contributed by atoms with Crippen LogP contribution >= 0.6 is 12.4 Å². The molecule has 2 aromatic carbocycles. The van der Waals surface area contributed by atoms with Crippen LogP contribution in [0.25, 0.3) is 0 Å². The minimum absolute atomic E-state index is 0. The Kier molecular flexibility index (Phi) is 9.57. The number of piperidine rings is 2. The van der Waals surface area contributed by atoms with E-state index in [0.29, 0.717) is 63.8 Å². The molecule has 2 fully saturated rings. The number of urea groups is 1. The average Bonchev–Trinajstić information content (AvgIpc) is 2.89. The second-order valence-corrected chi connectivity index (χ2v) is 9.47. The zero-order chi connectivity index (χ0) is 25.7. The molecular weight excluding hydrogens is 505 g/mol. The number of hydrogen-bond acceptors (Lipinski definition) is 4. The first-order valence-corrected chi connectivity index (χ1v) is 12.3. The highest BCUT2D eigenvalue weighted by Gasteiger charge is 2.37. The summed E-state index contributed by atoms with van der Waals surface area (Å²) in [4.78, 5) is 28.7. The first-order chi connectivity index (χ1) is 17.3. The van der Waals surface area contributed by atoms with Crippen LogP contribution in [0.5, 0.6) is 0 Å². The fourth-order valence-electron chi connectivity index (χ4n) is 5.14. The van der Waals surface area contributed by atoms with Crippen molar-refractivity contribution in [2.45, 2.75) is 50.0 Å². The number of likely N-dealkylation sites (tertiary alicyclic amines) is 2. The third-order valence-electron chi connectivity index (χ3n) is 7.24. The van der Waals surface area contributed by atoms with E-state index >= 15 is 0 Å². The largest absolute Gasteiger partial charge is 0.338 e. The van der Waals surface area contributed by atoms with Gasteiger partial charge in [0.05, 0.1) is 17.5 Å². The Balaban J connectivity index is 0.00000380. The molecule has 0 bridgehead atoms. The zero-order valence-corrected chi connectivity index (χ0v) is 21.2. The maximum absolute atomic E-state index is 13.8. The van der Waals surface area contributed by atoms with E-state index in [1.165, 1.54) is 18.2 Å². The third-order valence-corrected chi connectivity index (χ3v) is 7.24. The van der Waals surface area contributed by atoms with Crippen LogP contribution in [0.3, 0.4) is 0 Å². The van der Waals surface area contributed by atoms with Gasteiger partial charge in [0.2, 0.25) is 5.91 Å². The predicted octanol–water partition coefficient (Wildman–Crippen LogP) is 5.24. The van der Waals surface area contributed by atoms with E-state index in [2.05, 4.69) is 16.3 Å². The molecule has 2 aliphatic rings. The minimum atomic E-state index is -1.01. The van der Waals surface area contributed by atoms with Gasteiger partial charge in [-0.05, 0) is 87.1 Å². The van der Waals surface area contributed by atoms with Gasteiger partial charge in [-0.25, -0.2) is 18.0 Å². The first-order valence-electron chi connectivity index (χ1n) is 12.3. The van der Waals surface area contributed by atoms with Gasteiger partial charge in [-0.2, -0.15) is 5.26 Å². The number of halogens is 4. The summed E-state index contributed by atoms with van der Waals surface area (Å²) in [5.41, 5.74) is 0.606. The van der Waals surface area contributed by atoms with Crippen LogP contribution in [0.4, 0.5) is 18.0 Å². The van der Waals surface area contributed by atoms with Crippen LogP contribution in [-0.4, -0.2) is 47.9 Å². The Labute approximate surface area is 220 Å². The van der Waals surface area contributed by atoms with Crippen LogP contribution in [-0.2, 0) is 10.2 Å². The lowest BCUT2D eigenvalue weighted by Gasteiger charge is -2.37. The number of hydrogen-bond donors (Lipinski definition) is 1. The Morgan fingerprint density at radius 2 is 1.78 bits per heavy atom. The smallest absolute Gasteiger partial charge is 0.324 e. The minimum Gasteiger partial charge on any atom is -0.338 e. The quantitative estimate of drug-likeness (QED) is 0.514. The van der Waals surface area contributed by atoms with E-state index in [1.54, 1.807) is 12.1 Å². The lowest BCUT2D eigenvalue weighted by molar-refractivity contribution is -0.132. The van der Waals surface area contributed by atoms with Crippen molar-refractivity contribution in [3.8, 4) is 6.07 Å². The number of imide groups is 1. The highest BCUT2D eigenvalue weighted by molar-refractivity contribution is 5.95. The first kappa shape index (κ1) is 28.5. The van der Waals surface area contributed by atoms with E-state index in [-0.39, 0.29) is 30.6 Å². The lowest BCUT2D eigenvalue weighted by Crippen LogP contribution is -2.48. The van der Waals surface area contributed by atoms with Crippen molar-refractivity contribution < 1.29 is 22.8 Å². The van der Waals surface area contributed by atoms with Crippen molar-refractivity contribution in [1.82, 2.24) is 15.1 Å². The molecule has 4 rings (SSSR count). The number of carbonyl (C=O) groups is 2. The number of carbonyl (C=O) groups excluding carboxylic acids is 2. The summed E-state index contributed by atoms with van der Waals surface area (Å²) < 4.78 is 40.4. The second kappa shape index (κ2) is 12.4. The molecule has 2 aromatic rings. The fraction of sp³-hybridized carbons (Fsp3) is 0.444. The van der Waals surface area contributed by atoms with E-state index in [0.717, 1.165) is 22.6 Å². The van der Waals surface area contributed by atoms with Gasteiger partial charge in [0, 0.05) is 13.0 Å². The number of amides is 3. The molecule has 198 valence electrons. The lowest BCUT2D eigenvalue weighted by atomic mass is 9.74. The molecular formula is C27H30ClF3N4O2. The molecule has 2 aliphatic heterocycles. The van der Waals surface area contributed by atoms with Gasteiger partial charge in [0.25, 0.3) is 0 Å². The van der Waals surface area contributed by atoms with Crippen LogP contribution in [0, 0.1) is 28.8 Å². The van der Waals surface area contributed by atoms with Gasteiger partial charge in [-0.1, -0.05) is 18.2 Å². The molecule has 0 saturated carbocycles. The molecule has 1 atom stereocenters. The molecule has 6 nitrogen and oxygen atoms in total. The van der Waals surface area contributed by atoms with Crippen LogP contribution < -0.4 is 5.32 Å². The molecule has 37 heavy (non-hydrogen) atoms. The summed E-state index contributed by atoms with van der Waals surface area (Å²) in [6, 6.07) is 10.9. The molecule has 3 amide bonds. The SMILES string of the molecule is Cl.N#CC1(c2ccc(F)cc2)CCN(CCCNC(=O)N2C(=O)CCC[C@H]2c2ccc(F)c(F)c2)CC1. The highest BCUT2D eigenvalue weighted by atomic mass is 35.5. The van der Waals surface area contributed by atoms with Gasteiger partial charge in [0.15, 0.2) is 11.6 Å². The number of nitriles is 1. The number of nitrogens with zero attached hydrogens (tertiary/aromatic N) is 3. The molecule has 10 heteroatoms. The van der Waals surface area contributed by atoms with Gasteiger partial charge >= 0.3 is 6.03 Å². The van der Waals surface area contributed by atoms with Crippen molar-refractivity contribution in [3.63, 3.8) is 0 Å². The molecule has 2 heterocycles. The molecule has 1 N–H and O–H groups in total. The molecule has 0 aliphatic carbocycles. The van der Waals surface area contributed by atoms with Crippen LogP contribution in [0.1, 0.15) is 55.7 Å². The second-order valence-electron chi connectivity index (χ2n) is 9.47. The molecule has 0 aromatic heterocycles. The van der Waals surface area contributed by atoms with Gasteiger partial charge in [-0.15, -0.1) is 12.4 Å². The van der Waals surface area contributed by atoms with E-state index in [9.17, 15) is 28.0 Å². The van der Waals surface area contributed by atoms with Gasteiger partial charge in [0.1, 0.15) is 5.82 Å². The Morgan fingerprint density at radius 3 is 2.43 bits per heavy atom. The number of nitrogens with one attached hydrogen (secondary N) is 1. The van der Waals surface area contributed by atoms with Crippen molar-refractivity contribution in [1.29, 1.82) is 5.26 Å². The summed E-state index contributed by atoms with van der Waals surface area (Å²) in [5.74, 6) is -2.64. The van der Waals surface area contributed by atoms with Crippen molar-refractivity contribution in [3.05, 3.63) is 71.0 Å². The summed E-state index contributed by atoms with van der Waals surface area (Å²) in [6.45, 7) is 2.49. The third kappa shape index (κ3) is 6.43. The molecule has 0 spiro atoms. The summed E-state index contributed by atoms with van der Waals surface area (Å²) in [5, 5.41) is 12.6. The van der Waals surface area contributed by atoms with E-state index < -0.39 is 29.1 Å². The average molecular weight is 535 g/mol. The van der Waals surface area contributed by atoms with Crippen molar-refractivity contribution in [2.75, 3.05) is 26.2 Å². The van der Waals surface area contributed by atoms with Crippen molar-refractivity contribution >= 4 is 24.3 Å². The number of benzene rings is 2. The zero-order valence-electron chi connectivity index (χ0n) is 20.4. The van der Waals surface area contributed by atoms with E-state index in [4.69, 9.17) is 0 Å². The molecule has 0 radical (unpaired) electrons. The molecule has 2 saturated heterocycles. The van der Waals surface area contributed by atoms with Gasteiger partial charge < -0.3 is 10.2 Å². The highest BCUT2D eigenvalue weighted by Crippen LogP contribution is 2.35.